The van der Waals surface area contributed by atoms with Crippen LogP contribution in [0.15, 0.2) is 22.7 Å². The summed E-state index contributed by atoms with van der Waals surface area (Å²) in [4.78, 5) is 23.3. The molecule has 0 aliphatic heterocycles. The lowest BCUT2D eigenvalue weighted by Gasteiger charge is -2.11. The Bertz CT molecular complexity index is 475. The highest BCUT2D eigenvalue weighted by Gasteiger charge is 2.11. The predicted molar refractivity (Wildman–Crippen MR) is 80.0 cm³/mol. The maximum Gasteiger partial charge on any atom is 0.233 e. The molecule has 0 aromatic heterocycles. The van der Waals surface area contributed by atoms with E-state index in [-0.39, 0.29) is 24.3 Å². The molecule has 19 heavy (non-hydrogen) atoms. The minimum atomic E-state index is -0.309. The number of halogens is 1. The largest absolute Gasteiger partial charge is 0.353 e. The number of rotatable bonds is 5. The van der Waals surface area contributed by atoms with Gasteiger partial charge in [0.2, 0.25) is 11.8 Å². The lowest BCUT2D eigenvalue weighted by Crippen LogP contribution is -2.34. The van der Waals surface area contributed by atoms with Gasteiger partial charge in [-0.2, -0.15) is 0 Å². The van der Waals surface area contributed by atoms with Gasteiger partial charge in [-0.1, -0.05) is 28.9 Å². The molecule has 0 fully saturated rings. The molecule has 1 unspecified atom stereocenters. The van der Waals surface area contributed by atoms with E-state index in [0.717, 1.165) is 16.5 Å². The molecule has 0 spiro atoms. The lowest BCUT2D eigenvalue weighted by atomic mass is 10.2. The summed E-state index contributed by atoms with van der Waals surface area (Å²) < 4.78 is 0.925. The SMILES string of the molecule is CCC(C)NC(=O)CC(=O)Nc1ccc(C)c(Br)c1. The molecular weight excluding hydrogens is 308 g/mol. The summed E-state index contributed by atoms with van der Waals surface area (Å²) in [6.07, 6.45) is 0.689. The highest BCUT2D eigenvalue weighted by molar-refractivity contribution is 9.10. The molecule has 5 heteroatoms. The second kappa shape index (κ2) is 7.28. The van der Waals surface area contributed by atoms with Crippen LogP contribution in [-0.2, 0) is 9.59 Å². The molecule has 0 saturated carbocycles. The first-order chi connectivity index (χ1) is 8.92. The molecule has 0 aliphatic carbocycles. The number of anilines is 1. The molecule has 1 aromatic rings. The van der Waals surface area contributed by atoms with E-state index in [1.807, 2.05) is 39.0 Å². The number of carbonyl (C=O) groups excluding carboxylic acids is 2. The van der Waals surface area contributed by atoms with Gasteiger partial charge in [0.1, 0.15) is 6.42 Å². The number of amides is 2. The first kappa shape index (κ1) is 15.7. The fourth-order valence-electron chi connectivity index (χ4n) is 1.45. The molecule has 1 aromatic carbocycles. The Hall–Kier alpha value is -1.36. The minimum absolute atomic E-state index is 0.0915. The standard InChI is InChI=1S/C14H19BrN2O2/c1-4-10(3)16-13(18)8-14(19)17-11-6-5-9(2)12(15)7-11/h5-7,10H,4,8H2,1-3H3,(H,16,18)(H,17,19). The second-order valence-corrected chi connectivity index (χ2v) is 5.42. The van der Waals surface area contributed by atoms with Crippen molar-refractivity contribution in [3.63, 3.8) is 0 Å². The van der Waals surface area contributed by atoms with Crippen molar-refractivity contribution in [2.45, 2.75) is 39.7 Å². The van der Waals surface area contributed by atoms with E-state index in [2.05, 4.69) is 26.6 Å². The minimum Gasteiger partial charge on any atom is -0.353 e. The number of benzene rings is 1. The predicted octanol–water partition coefficient (Wildman–Crippen LogP) is 3.00. The third-order valence-corrected chi connectivity index (χ3v) is 3.65. The zero-order valence-corrected chi connectivity index (χ0v) is 13.0. The van der Waals surface area contributed by atoms with E-state index in [1.165, 1.54) is 0 Å². The van der Waals surface area contributed by atoms with Gasteiger partial charge in [0, 0.05) is 16.2 Å². The van der Waals surface area contributed by atoms with Gasteiger partial charge in [-0.15, -0.1) is 0 Å². The van der Waals surface area contributed by atoms with Crippen molar-refractivity contribution in [1.29, 1.82) is 0 Å². The van der Waals surface area contributed by atoms with Crippen molar-refractivity contribution < 1.29 is 9.59 Å². The molecule has 0 heterocycles. The number of hydrogen-bond donors (Lipinski definition) is 2. The van der Waals surface area contributed by atoms with Gasteiger partial charge in [-0.25, -0.2) is 0 Å². The van der Waals surface area contributed by atoms with Crippen LogP contribution in [0.1, 0.15) is 32.3 Å². The number of carbonyl (C=O) groups is 2. The Balaban J connectivity index is 2.51. The van der Waals surface area contributed by atoms with Crippen LogP contribution in [0.3, 0.4) is 0 Å². The number of nitrogens with one attached hydrogen (secondary N) is 2. The van der Waals surface area contributed by atoms with Crippen molar-refractivity contribution in [3.8, 4) is 0 Å². The van der Waals surface area contributed by atoms with Gasteiger partial charge in [0.15, 0.2) is 0 Å². The van der Waals surface area contributed by atoms with Gasteiger partial charge < -0.3 is 10.6 Å². The highest BCUT2D eigenvalue weighted by atomic mass is 79.9. The van der Waals surface area contributed by atoms with E-state index in [4.69, 9.17) is 0 Å². The van der Waals surface area contributed by atoms with Gasteiger partial charge in [-0.3, -0.25) is 9.59 Å². The normalized spacial score (nSPS) is 11.8. The molecule has 2 amide bonds. The zero-order chi connectivity index (χ0) is 14.4. The van der Waals surface area contributed by atoms with Crippen molar-refractivity contribution >= 4 is 33.4 Å². The van der Waals surface area contributed by atoms with Gasteiger partial charge in [-0.05, 0) is 38.0 Å². The summed E-state index contributed by atoms with van der Waals surface area (Å²) in [5.74, 6) is -0.561. The third kappa shape index (κ3) is 5.42. The Morgan fingerprint density at radius 1 is 1.32 bits per heavy atom. The van der Waals surface area contributed by atoms with Crippen LogP contribution < -0.4 is 10.6 Å². The van der Waals surface area contributed by atoms with E-state index in [1.54, 1.807) is 0 Å². The van der Waals surface area contributed by atoms with Crippen LogP contribution in [0, 0.1) is 6.92 Å². The van der Waals surface area contributed by atoms with E-state index >= 15 is 0 Å². The fourth-order valence-corrected chi connectivity index (χ4v) is 1.83. The van der Waals surface area contributed by atoms with Gasteiger partial charge >= 0.3 is 0 Å². The van der Waals surface area contributed by atoms with Gasteiger partial charge in [0.25, 0.3) is 0 Å². The quantitative estimate of drug-likeness (QED) is 0.817. The summed E-state index contributed by atoms with van der Waals surface area (Å²) >= 11 is 3.40. The molecule has 0 bridgehead atoms. The van der Waals surface area contributed by atoms with Crippen molar-refractivity contribution in [2.24, 2.45) is 0 Å². The lowest BCUT2D eigenvalue weighted by molar-refractivity contribution is -0.127. The van der Waals surface area contributed by atoms with Crippen LogP contribution in [0.4, 0.5) is 5.69 Å². The Morgan fingerprint density at radius 2 is 2.00 bits per heavy atom. The van der Waals surface area contributed by atoms with Crippen LogP contribution in [0.25, 0.3) is 0 Å². The molecular formula is C14H19BrN2O2. The maximum absolute atomic E-state index is 11.7. The first-order valence-corrected chi connectivity index (χ1v) is 7.07. The zero-order valence-electron chi connectivity index (χ0n) is 11.4. The van der Waals surface area contributed by atoms with Crippen molar-refractivity contribution in [2.75, 3.05) is 5.32 Å². The summed E-state index contributed by atoms with van der Waals surface area (Å²) in [6, 6.07) is 5.62. The average molecular weight is 327 g/mol. The Morgan fingerprint density at radius 3 is 2.58 bits per heavy atom. The Labute approximate surface area is 122 Å². The Kier molecular flexibility index (Phi) is 6.02. The third-order valence-electron chi connectivity index (χ3n) is 2.80. The molecule has 2 N–H and O–H groups in total. The van der Waals surface area contributed by atoms with Crippen LogP contribution in [0.5, 0.6) is 0 Å². The highest BCUT2D eigenvalue weighted by Crippen LogP contribution is 2.20. The van der Waals surface area contributed by atoms with Crippen LogP contribution >= 0.6 is 15.9 Å². The van der Waals surface area contributed by atoms with Crippen LogP contribution in [-0.4, -0.2) is 17.9 Å². The second-order valence-electron chi connectivity index (χ2n) is 4.57. The van der Waals surface area contributed by atoms with E-state index in [0.29, 0.717) is 5.69 Å². The summed E-state index contributed by atoms with van der Waals surface area (Å²) in [5.41, 5.74) is 1.77. The number of aryl methyl sites for hydroxylation is 1. The molecule has 4 nitrogen and oxygen atoms in total. The maximum atomic E-state index is 11.7. The summed E-state index contributed by atoms with van der Waals surface area (Å²) in [6.45, 7) is 5.86. The molecule has 0 aliphatic rings. The average Bonchev–Trinajstić information content (AvgIpc) is 2.33. The van der Waals surface area contributed by atoms with E-state index in [9.17, 15) is 9.59 Å². The smallest absolute Gasteiger partial charge is 0.233 e. The number of hydrogen-bond acceptors (Lipinski definition) is 2. The molecule has 104 valence electrons. The van der Waals surface area contributed by atoms with Crippen molar-refractivity contribution in [1.82, 2.24) is 5.32 Å². The van der Waals surface area contributed by atoms with Crippen molar-refractivity contribution in [3.05, 3.63) is 28.2 Å². The van der Waals surface area contributed by atoms with E-state index < -0.39 is 0 Å². The summed E-state index contributed by atoms with van der Waals surface area (Å²) in [5, 5.41) is 5.46. The molecule has 1 atom stereocenters. The first-order valence-electron chi connectivity index (χ1n) is 6.27. The molecule has 0 saturated heterocycles. The van der Waals surface area contributed by atoms with Gasteiger partial charge in [0.05, 0.1) is 0 Å². The topological polar surface area (TPSA) is 58.2 Å². The summed E-state index contributed by atoms with van der Waals surface area (Å²) in [7, 11) is 0. The monoisotopic (exact) mass is 326 g/mol. The molecule has 1 rings (SSSR count). The molecule has 0 radical (unpaired) electrons. The fraction of sp³-hybridized carbons (Fsp3) is 0.429. The van der Waals surface area contributed by atoms with Crippen LogP contribution in [0.2, 0.25) is 0 Å².